The van der Waals surface area contributed by atoms with E-state index >= 15 is 0 Å². The van der Waals surface area contributed by atoms with Gasteiger partial charge in [-0.2, -0.15) is 0 Å². The number of amides is 1. The van der Waals surface area contributed by atoms with Crippen molar-refractivity contribution in [3.05, 3.63) is 78.2 Å². The highest BCUT2D eigenvalue weighted by atomic mass is 19.1. The third kappa shape index (κ3) is 7.27. The van der Waals surface area contributed by atoms with Crippen LogP contribution in [0, 0.1) is 0 Å². The van der Waals surface area contributed by atoms with Crippen LogP contribution in [0.15, 0.2) is 72.7 Å². The molecule has 32 heavy (non-hydrogen) atoms. The Morgan fingerprint density at radius 3 is 2.69 bits per heavy atom. The summed E-state index contributed by atoms with van der Waals surface area (Å²) in [4.78, 5) is 18.4. The standard InChI is InChI=1S/C25H29FN2O4/c1-18(2)8-6-9-19(3)32-25-23(10-7-14-27-25)28(20(4)29)17-21-16-22(30-5)11-12-24(21)31-15-13-26/h6-12,14,16H,1,13,15,17H2,2-5H3. The first-order chi connectivity index (χ1) is 15.3. The fraction of sp³-hybridized carbons (Fsp3) is 0.280. The number of anilines is 1. The quantitative estimate of drug-likeness (QED) is 0.346. The first-order valence-corrected chi connectivity index (χ1v) is 10.1. The molecule has 1 amide bonds. The average Bonchev–Trinajstić information content (AvgIpc) is 2.76. The number of ether oxygens (including phenoxy) is 3. The van der Waals surface area contributed by atoms with Gasteiger partial charge in [-0.15, -0.1) is 0 Å². The van der Waals surface area contributed by atoms with Crippen molar-refractivity contribution < 1.29 is 23.4 Å². The third-order valence-corrected chi connectivity index (χ3v) is 4.32. The molecule has 0 aliphatic rings. The second-order valence-corrected chi connectivity index (χ2v) is 7.03. The predicted molar refractivity (Wildman–Crippen MR) is 124 cm³/mol. The van der Waals surface area contributed by atoms with Gasteiger partial charge in [-0.25, -0.2) is 9.37 Å². The van der Waals surface area contributed by atoms with Crippen molar-refractivity contribution in [1.82, 2.24) is 4.98 Å². The van der Waals surface area contributed by atoms with Crippen LogP contribution in [-0.2, 0) is 11.3 Å². The van der Waals surface area contributed by atoms with E-state index in [1.54, 1.807) is 56.6 Å². The first kappa shape index (κ1) is 24.7. The Bertz CT molecular complexity index is 1000. The highest BCUT2D eigenvalue weighted by Crippen LogP contribution is 2.32. The van der Waals surface area contributed by atoms with E-state index in [-0.39, 0.29) is 24.9 Å². The second kappa shape index (κ2) is 12.3. The number of benzene rings is 1. The molecule has 0 aliphatic carbocycles. The van der Waals surface area contributed by atoms with E-state index in [0.29, 0.717) is 28.5 Å². The number of hydrogen-bond acceptors (Lipinski definition) is 5. The van der Waals surface area contributed by atoms with Crippen LogP contribution in [-0.4, -0.2) is 31.3 Å². The van der Waals surface area contributed by atoms with Gasteiger partial charge in [0.25, 0.3) is 0 Å². The molecule has 170 valence electrons. The Balaban J connectivity index is 2.38. The van der Waals surface area contributed by atoms with Crippen molar-refractivity contribution in [1.29, 1.82) is 0 Å². The Morgan fingerprint density at radius 2 is 2.03 bits per heavy atom. The number of methoxy groups -OCH3 is 1. The molecule has 7 heteroatoms. The maximum atomic E-state index is 12.7. The van der Waals surface area contributed by atoms with Gasteiger partial charge in [0.1, 0.15) is 36.2 Å². The van der Waals surface area contributed by atoms with E-state index in [1.807, 2.05) is 19.1 Å². The SMILES string of the molecule is C=C(C)C=CC=C(C)Oc1ncccc1N(Cc1cc(OC)ccc1OCCF)C(C)=O. The fourth-order valence-corrected chi connectivity index (χ4v) is 2.83. The molecular formula is C25H29FN2O4. The summed E-state index contributed by atoms with van der Waals surface area (Å²) < 4.78 is 29.4. The molecule has 0 bridgehead atoms. The number of alkyl halides is 1. The van der Waals surface area contributed by atoms with Crippen LogP contribution >= 0.6 is 0 Å². The van der Waals surface area contributed by atoms with Gasteiger partial charge in [0.2, 0.25) is 11.8 Å². The molecule has 2 aromatic rings. The molecule has 0 saturated heterocycles. The van der Waals surface area contributed by atoms with E-state index < -0.39 is 6.67 Å². The Hall–Kier alpha value is -3.61. The highest BCUT2D eigenvalue weighted by molar-refractivity contribution is 5.92. The molecule has 0 N–H and O–H groups in total. The van der Waals surface area contributed by atoms with Crippen LogP contribution in [0.2, 0.25) is 0 Å². The number of halogens is 1. The number of carbonyl (C=O) groups is 1. The van der Waals surface area contributed by atoms with E-state index in [4.69, 9.17) is 14.2 Å². The lowest BCUT2D eigenvalue weighted by Gasteiger charge is -2.24. The Labute approximate surface area is 188 Å². The number of hydrogen-bond donors (Lipinski definition) is 0. The molecular weight excluding hydrogens is 411 g/mol. The van der Waals surface area contributed by atoms with Gasteiger partial charge < -0.3 is 19.1 Å². The van der Waals surface area contributed by atoms with Gasteiger partial charge in [0.15, 0.2) is 0 Å². The van der Waals surface area contributed by atoms with E-state index in [0.717, 1.165) is 5.57 Å². The molecule has 0 fully saturated rings. The smallest absolute Gasteiger partial charge is 0.243 e. The summed E-state index contributed by atoms with van der Waals surface area (Å²) in [5, 5.41) is 0. The molecule has 0 aliphatic heterocycles. The second-order valence-electron chi connectivity index (χ2n) is 7.03. The van der Waals surface area contributed by atoms with E-state index in [9.17, 15) is 9.18 Å². The van der Waals surface area contributed by atoms with Crippen molar-refractivity contribution in [3.8, 4) is 17.4 Å². The summed E-state index contributed by atoms with van der Waals surface area (Å²) in [5.74, 6) is 1.74. The molecule has 0 spiro atoms. The molecule has 1 aromatic heterocycles. The summed E-state index contributed by atoms with van der Waals surface area (Å²) in [6.07, 6.45) is 7.06. The largest absolute Gasteiger partial charge is 0.497 e. The van der Waals surface area contributed by atoms with Gasteiger partial charge in [-0.1, -0.05) is 24.3 Å². The van der Waals surface area contributed by atoms with E-state index in [2.05, 4.69) is 11.6 Å². The van der Waals surface area contributed by atoms with Gasteiger partial charge in [0.05, 0.1) is 13.7 Å². The summed E-state index contributed by atoms with van der Waals surface area (Å²) in [6.45, 7) is 8.43. The topological polar surface area (TPSA) is 60.9 Å². The maximum absolute atomic E-state index is 12.7. The fourth-order valence-electron chi connectivity index (χ4n) is 2.83. The summed E-state index contributed by atoms with van der Waals surface area (Å²) >= 11 is 0. The molecule has 0 saturated carbocycles. The third-order valence-electron chi connectivity index (χ3n) is 4.32. The van der Waals surface area contributed by atoms with Crippen LogP contribution in [0.25, 0.3) is 0 Å². The number of nitrogens with zero attached hydrogens (tertiary/aromatic N) is 2. The number of aromatic nitrogens is 1. The minimum atomic E-state index is -0.617. The normalized spacial score (nSPS) is 11.3. The van der Waals surface area contributed by atoms with Crippen LogP contribution in [0.3, 0.4) is 0 Å². The van der Waals surface area contributed by atoms with Gasteiger partial charge in [-0.3, -0.25) is 4.79 Å². The van der Waals surface area contributed by atoms with Crippen molar-refractivity contribution in [2.75, 3.05) is 25.3 Å². The lowest BCUT2D eigenvalue weighted by Crippen LogP contribution is -2.28. The van der Waals surface area contributed by atoms with Gasteiger partial charge in [0, 0.05) is 18.7 Å². The number of pyridine rings is 1. The molecule has 0 unspecified atom stereocenters. The average molecular weight is 441 g/mol. The minimum Gasteiger partial charge on any atom is -0.497 e. The van der Waals surface area contributed by atoms with Crippen molar-refractivity contribution in [2.24, 2.45) is 0 Å². The van der Waals surface area contributed by atoms with Crippen LogP contribution in [0.5, 0.6) is 17.4 Å². The zero-order valence-corrected chi connectivity index (χ0v) is 18.9. The van der Waals surface area contributed by atoms with E-state index in [1.165, 1.54) is 11.8 Å². The molecule has 1 heterocycles. The maximum Gasteiger partial charge on any atom is 0.243 e. The van der Waals surface area contributed by atoms with Gasteiger partial charge in [-0.05, 0) is 50.3 Å². The van der Waals surface area contributed by atoms with Gasteiger partial charge >= 0.3 is 0 Å². The lowest BCUT2D eigenvalue weighted by molar-refractivity contribution is -0.116. The number of carbonyl (C=O) groups excluding carboxylic acids is 1. The molecule has 2 rings (SSSR count). The Morgan fingerprint density at radius 1 is 1.25 bits per heavy atom. The molecule has 1 aromatic carbocycles. The minimum absolute atomic E-state index is 0.0810. The Kier molecular flexibility index (Phi) is 9.47. The number of rotatable bonds is 11. The predicted octanol–water partition coefficient (Wildman–Crippen LogP) is 5.41. The van der Waals surface area contributed by atoms with Crippen molar-refractivity contribution >= 4 is 11.6 Å². The van der Waals surface area contributed by atoms with Crippen LogP contribution in [0.4, 0.5) is 10.1 Å². The van der Waals surface area contributed by atoms with Crippen molar-refractivity contribution in [3.63, 3.8) is 0 Å². The summed E-state index contributed by atoms with van der Waals surface area (Å²) in [5.41, 5.74) is 2.08. The van der Waals surface area contributed by atoms with Crippen molar-refractivity contribution in [2.45, 2.75) is 27.3 Å². The zero-order chi connectivity index (χ0) is 23.5. The monoisotopic (exact) mass is 440 g/mol. The van der Waals surface area contributed by atoms with Crippen LogP contribution < -0.4 is 19.1 Å². The zero-order valence-electron chi connectivity index (χ0n) is 18.9. The highest BCUT2D eigenvalue weighted by Gasteiger charge is 2.20. The number of allylic oxidation sites excluding steroid dienone is 5. The summed E-state index contributed by atoms with van der Waals surface area (Å²) in [7, 11) is 1.55. The molecule has 0 atom stereocenters. The molecule has 0 radical (unpaired) electrons. The lowest BCUT2D eigenvalue weighted by atomic mass is 10.1. The van der Waals surface area contributed by atoms with Crippen LogP contribution in [0.1, 0.15) is 26.3 Å². The first-order valence-electron chi connectivity index (χ1n) is 10.1. The summed E-state index contributed by atoms with van der Waals surface area (Å²) in [6, 6.07) is 8.66. The molecule has 6 nitrogen and oxygen atoms in total.